The largest absolute Gasteiger partial charge is 0.477 e. The second-order valence-corrected chi connectivity index (χ2v) is 4.57. The van der Waals surface area contributed by atoms with Crippen molar-refractivity contribution < 1.29 is 9.90 Å². The lowest BCUT2D eigenvalue weighted by Crippen LogP contribution is -2.47. The molecule has 1 aliphatic rings. The first-order chi connectivity index (χ1) is 10.2. The Kier molecular flexibility index (Phi) is 3.59. The van der Waals surface area contributed by atoms with E-state index in [1.54, 1.807) is 18.5 Å². The fourth-order valence-electron chi connectivity index (χ4n) is 2.18. The molecule has 8 nitrogen and oxygen atoms in total. The van der Waals surface area contributed by atoms with Gasteiger partial charge in [0.2, 0.25) is 11.9 Å². The number of hydrogen-bond donors (Lipinski definition) is 1. The van der Waals surface area contributed by atoms with Crippen LogP contribution in [0.3, 0.4) is 0 Å². The number of piperazine rings is 1. The van der Waals surface area contributed by atoms with E-state index in [1.165, 1.54) is 12.3 Å². The summed E-state index contributed by atoms with van der Waals surface area (Å²) in [6.07, 6.45) is 4.90. The Bertz CT molecular complexity index is 628. The highest BCUT2D eigenvalue weighted by Crippen LogP contribution is 2.14. The van der Waals surface area contributed by atoms with Gasteiger partial charge >= 0.3 is 5.97 Å². The third-order valence-corrected chi connectivity index (χ3v) is 3.26. The van der Waals surface area contributed by atoms with Gasteiger partial charge in [0.05, 0.1) is 0 Å². The van der Waals surface area contributed by atoms with E-state index < -0.39 is 5.97 Å². The van der Waals surface area contributed by atoms with Gasteiger partial charge in [0.1, 0.15) is 0 Å². The molecule has 0 saturated carbocycles. The summed E-state index contributed by atoms with van der Waals surface area (Å²) in [7, 11) is 0. The minimum atomic E-state index is -1.05. The molecule has 0 spiro atoms. The molecular weight excluding hydrogens is 272 g/mol. The minimum Gasteiger partial charge on any atom is -0.477 e. The van der Waals surface area contributed by atoms with Gasteiger partial charge in [0, 0.05) is 44.8 Å². The molecule has 0 unspecified atom stereocenters. The Morgan fingerprint density at radius 2 is 1.52 bits per heavy atom. The Morgan fingerprint density at radius 3 is 2.14 bits per heavy atom. The lowest BCUT2D eigenvalue weighted by atomic mass is 10.3. The van der Waals surface area contributed by atoms with Crippen LogP contribution in [-0.4, -0.2) is 57.2 Å². The molecule has 0 amide bonds. The highest BCUT2D eigenvalue weighted by atomic mass is 16.4. The van der Waals surface area contributed by atoms with E-state index in [1.807, 2.05) is 4.90 Å². The van der Waals surface area contributed by atoms with E-state index in [9.17, 15) is 4.79 Å². The van der Waals surface area contributed by atoms with Crippen LogP contribution < -0.4 is 9.80 Å². The molecular formula is C13H14N6O2. The van der Waals surface area contributed by atoms with Crippen molar-refractivity contribution in [3.8, 4) is 0 Å². The SMILES string of the molecule is O=C(O)c1ccnc(N2CCN(c3ncccn3)CC2)n1. The van der Waals surface area contributed by atoms with Gasteiger partial charge in [0.15, 0.2) is 5.69 Å². The van der Waals surface area contributed by atoms with Crippen LogP contribution in [0.1, 0.15) is 10.5 Å². The number of aromatic nitrogens is 4. The van der Waals surface area contributed by atoms with E-state index in [0.29, 0.717) is 25.0 Å². The second kappa shape index (κ2) is 5.70. The zero-order valence-corrected chi connectivity index (χ0v) is 11.3. The molecule has 1 N–H and O–H groups in total. The lowest BCUT2D eigenvalue weighted by Gasteiger charge is -2.34. The van der Waals surface area contributed by atoms with Crippen molar-refractivity contribution in [2.24, 2.45) is 0 Å². The molecule has 0 aromatic carbocycles. The first-order valence-electron chi connectivity index (χ1n) is 6.57. The number of carboxylic acid groups (broad SMARTS) is 1. The van der Waals surface area contributed by atoms with Crippen LogP contribution in [0.25, 0.3) is 0 Å². The highest BCUT2D eigenvalue weighted by Gasteiger charge is 2.21. The molecule has 2 aromatic rings. The molecule has 0 radical (unpaired) electrons. The standard InChI is InChI=1S/C13H14N6O2/c20-11(21)10-2-5-16-13(17-10)19-8-6-18(7-9-19)12-14-3-1-4-15-12/h1-5H,6-9H2,(H,20,21). The Morgan fingerprint density at radius 1 is 0.952 bits per heavy atom. The Hall–Kier alpha value is -2.77. The number of rotatable bonds is 3. The summed E-state index contributed by atoms with van der Waals surface area (Å²) in [4.78, 5) is 31.6. The molecule has 0 bridgehead atoms. The number of aromatic carboxylic acids is 1. The average Bonchev–Trinajstić information content (AvgIpc) is 2.56. The van der Waals surface area contributed by atoms with Gasteiger partial charge in [-0.3, -0.25) is 0 Å². The fraction of sp³-hybridized carbons (Fsp3) is 0.308. The van der Waals surface area contributed by atoms with Crippen LogP contribution in [-0.2, 0) is 0 Å². The zero-order chi connectivity index (χ0) is 14.7. The summed E-state index contributed by atoms with van der Waals surface area (Å²) >= 11 is 0. The molecule has 108 valence electrons. The van der Waals surface area contributed by atoms with Gasteiger partial charge in [0.25, 0.3) is 0 Å². The lowest BCUT2D eigenvalue weighted by molar-refractivity contribution is 0.0690. The van der Waals surface area contributed by atoms with Gasteiger partial charge in [-0.15, -0.1) is 0 Å². The van der Waals surface area contributed by atoms with Crippen molar-refractivity contribution in [3.05, 3.63) is 36.4 Å². The van der Waals surface area contributed by atoms with E-state index >= 15 is 0 Å². The van der Waals surface area contributed by atoms with Crippen LogP contribution in [0.4, 0.5) is 11.9 Å². The van der Waals surface area contributed by atoms with Crippen LogP contribution in [0, 0.1) is 0 Å². The topological polar surface area (TPSA) is 95.3 Å². The van der Waals surface area contributed by atoms with Gasteiger partial charge in [-0.05, 0) is 12.1 Å². The number of carbonyl (C=O) groups is 1. The molecule has 1 fully saturated rings. The summed E-state index contributed by atoms with van der Waals surface area (Å²) < 4.78 is 0. The number of hydrogen-bond acceptors (Lipinski definition) is 7. The molecule has 1 saturated heterocycles. The van der Waals surface area contributed by atoms with E-state index in [4.69, 9.17) is 5.11 Å². The highest BCUT2D eigenvalue weighted by molar-refractivity contribution is 5.85. The quantitative estimate of drug-likeness (QED) is 0.860. The first-order valence-corrected chi connectivity index (χ1v) is 6.57. The summed E-state index contributed by atoms with van der Waals surface area (Å²) in [6.45, 7) is 2.87. The fourth-order valence-corrected chi connectivity index (χ4v) is 2.18. The predicted octanol–water partition coefficient (Wildman–Crippen LogP) is 0.291. The van der Waals surface area contributed by atoms with Crippen molar-refractivity contribution in [1.29, 1.82) is 0 Å². The maximum absolute atomic E-state index is 10.9. The van der Waals surface area contributed by atoms with Crippen molar-refractivity contribution in [3.63, 3.8) is 0 Å². The number of carboxylic acids is 1. The van der Waals surface area contributed by atoms with Crippen LogP contribution in [0.2, 0.25) is 0 Å². The van der Waals surface area contributed by atoms with Crippen molar-refractivity contribution in [2.45, 2.75) is 0 Å². The summed E-state index contributed by atoms with van der Waals surface area (Å²) in [5.41, 5.74) is 0.00817. The number of nitrogens with zero attached hydrogens (tertiary/aromatic N) is 6. The molecule has 8 heteroatoms. The zero-order valence-electron chi connectivity index (χ0n) is 11.3. The normalized spacial score (nSPS) is 15.0. The summed E-state index contributed by atoms with van der Waals surface area (Å²) in [6, 6.07) is 3.17. The Balaban J connectivity index is 1.68. The van der Waals surface area contributed by atoms with E-state index in [0.717, 1.165) is 13.1 Å². The van der Waals surface area contributed by atoms with E-state index in [2.05, 4.69) is 24.8 Å². The second-order valence-electron chi connectivity index (χ2n) is 4.57. The molecule has 21 heavy (non-hydrogen) atoms. The van der Waals surface area contributed by atoms with E-state index in [-0.39, 0.29) is 5.69 Å². The third-order valence-electron chi connectivity index (χ3n) is 3.26. The molecule has 1 aliphatic heterocycles. The average molecular weight is 286 g/mol. The maximum Gasteiger partial charge on any atom is 0.354 e. The van der Waals surface area contributed by atoms with Crippen molar-refractivity contribution in [2.75, 3.05) is 36.0 Å². The molecule has 0 aliphatic carbocycles. The first kappa shape index (κ1) is 13.2. The van der Waals surface area contributed by atoms with Gasteiger partial charge in [-0.1, -0.05) is 0 Å². The minimum absolute atomic E-state index is 0.00817. The summed E-state index contributed by atoms with van der Waals surface area (Å²) in [5, 5.41) is 8.96. The molecule has 0 atom stereocenters. The van der Waals surface area contributed by atoms with Crippen LogP contribution >= 0.6 is 0 Å². The summed E-state index contributed by atoms with van der Waals surface area (Å²) in [5.74, 6) is 0.107. The molecule has 2 aromatic heterocycles. The third kappa shape index (κ3) is 2.88. The molecule has 3 rings (SSSR count). The molecule has 3 heterocycles. The van der Waals surface area contributed by atoms with Gasteiger partial charge in [-0.2, -0.15) is 0 Å². The Labute approximate surface area is 121 Å². The smallest absolute Gasteiger partial charge is 0.354 e. The van der Waals surface area contributed by atoms with Crippen molar-refractivity contribution >= 4 is 17.9 Å². The van der Waals surface area contributed by atoms with Crippen LogP contribution in [0.5, 0.6) is 0 Å². The van der Waals surface area contributed by atoms with Crippen molar-refractivity contribution in [1.82, 2.24) is 19.9 Å². The van der Waals surface area contributed by atoms with Gasteiger partial charge < -0.3 is 14.9 Å². The van der Waals surface area contributed by atoms with Gasteiger partial charge in [-0.25, -0.2) is 24.7 Å². The maximum atomic E-state index is 10.9. The predicted molar refractivity (Wildman–Crippen MR) is 75.4 cm³/mol. The monoisotopic (exact) mass is 286 g/mol. The number of anilines is 2. The van der Waals surface area contributed by atoms with Crippen LogP contribution in [0.15, 0.2) is 30.7 Å².